The Hall–Kier alpha value is -2.05. The van der Waals surface area contributed by atoms with E-state index in [-0.39, 0.29) is 27.2 Å². The van der Waals surface area contributed by atoms with Gasteiger partial charge in [-0.15, -0.1) is 0 Å². The molecule has 1 aromatic rings. The van der Waals surface area contributed by atoms with Crippen molar-refractivity contribution in [1.82, 2.24) is 14.5 Å². The number of nitrogens with zero attached hydrogens (tertiary/aromatic N) is 2. The second kappa shape index (κ2) is 14.1. The third-order valence-corrected chi connectivity index (χ3v) is 21.1. The molecule has 5 fully saturated rings. The fraction of sp³-hybridized carbons (Fsp3) is 0.750. The van der Waals surface area contributed by atoms with Crippen LogP contribution in [0.4, 0.5) is 0 Å². The maximum absolute atomic E-state index is 12.7. The lowest BCUT2D eigenvalue weighted by atomic mass is 9.33. The predicted octanol–water partition coefficient (Wildman–Crippen LogP) is 7.33. The Labute approximate surface area is 331 Å². The van der Waals surface area contributed by atoms with Crippen molar-refractivity contribution in [2.24, 2.45) is 51.2 Å². The lowest BCUT2D eigenvalue weighted by Crippen LogP contribution is -2.68. The van der Waals surface area contributed by atoms with E-state index in [1.807, 2.05) is 12.1 Å². The Balaban J connectivity index is 1.08. The zero-order valence-corrected chi connectivity index (χ0v) is 36.1. The number of carboxylic acids is 1. The first-order valence-corrected chi connectivity index (χ1v) is 24.6. The van der Waals surface area contributed by atoms with Gasteiger partial charge in [0, 0.05) is 51.1 Å². The molecule has 0 amide bonds. The van der Waals surface area contributed by atoms with Crippen LogP contribution in [0, 0.1) is 51.2 Å². The highest BCUT2D eigenvalue weighted by Gasteiger charge is 2.70. The number of allylic oxidation sites excluding steroid dienone is 3. The molecule has 1 aromatic carbocycles. The Morgan fingerprint density at radius 3 is 2.16 bits per heavy atom. The molecule has 0 aromatic heterocycles. The average molecular weight is 798 g/mol. The van der Waals surface area contributed by atoms with E-state index in [1.165, 1.54) is 66.8 Å². The molecule has 1 aliphatic heterocycles. The summed E-state index contributed by atoms with van der Waals surface area (Å²) in [6, 6.07) is 7.53. The van der Waals surface area contributed by atoms with Gasteiger partial charge in [-0.05, 0) is 139 Å². The summed E-state index contributed by atoms with van der Waals surface area (Å²) in [5.41, 5.74) is 4.92. The smallest absolute Gasteiger partial charge is 0.335 e. The summed E-state index contributed by atoms with van der Waals surface area (Å²) in [5.74, 6) is 1.99. The van der Waals surface area contributed by atoms with Gasteiger partial charge in [0.05, 0.1) is 5.56 Å². The first-order valence-electron chi connectivity index (χ1n) is 20.9. The summed E-state index contributed by atoms with van der Waals surface area (Å²) in [7, 11) is -7.44. The highest BCUT2D eigenvalue weighted by Crippen LogP contribution is 2.76. The molecule has 11 heteroatoms. The van der Waals surface area contributed by atoms with Gasteiger partial charge in [0.1, 0.15) is 0 Å². The maximum atomic E-state index is 12.7. The SMILES string of the molecule is C=C(C)[C@@H]1CC[C@]2(NCCN3CCN(S(=O)(=O)CS(C)(=O)=O)CC3)CC[C@]3(C)[C@H](CCC4[C@@]5(C)CC=C(c6ccc(C(=O)O)cc6)C(C)(C)C5CC[C@]43C)C12. The minimum absolute atomic E-state index is 0.0178. The van der Waals surface area contributed by atoms with Crippen LogP contribution in [-0.4, -0.2) is 93.3 Å². The summed E-state index contributed by atoms with van der Waals surface area (Å²) < 4.78 is 50.2. The number of piperazine rings is 1. The second-order valence-corrected chi connectivity index (χ2v) is 24.6. The van der Waals surface area contributed by atoms with Crippen LogP contribution in [0.1, 0.15) is 115 Å². The normalized spacial score (nSPS) is 39.3. The number of sulfonamides is 1. The minimum Gasteiger partial charge on any atom is -0.478 e. The summed E-state index contributed by atoms with van der Waals surface area (Å²) in [6.45, 7) is 23.3. The molecule has 3 unspecified atom stereocenters. The first kappa shape index (κ1) is 41.1. The van der Waals surface area contributed by atoms with Gasteiger partial charge in [-0.25, -0.2) is 21.6 Å². The van der Waals surface area contributed by atoms with E-state index in [9.17, 15) is 26.7 Å². The van der Waals surface area contributed by atoms with Crippen LogP contribution < -0.4 is 5.32 Å². The van der Waals surface area contributed by atoms with Gasteiger partial charge in [0.25, 0.3) is 0 Å². The lowest BCUT2D eigenvalue weighted by Gasteiger charge is -2.72. The molecule has 0 radical (unpaired) electrons. The summed E-state index contributed by atoms with van der Waals surface area (Å²) in [4.78, 5) is 13.9. The van der Waals surface area contributed by atoms with Crippen molar-refractivity contribution in [3.63, 3.8) is 0 Å². The van der Waals surface area contributed by atoms with Crippen LogP contribution in [-0.2, 0) is 19.9 Å². The monoisotopic (exact) mass is 797 g/mol. The third-order valence-electron chi connectivity index (χ3n) is 17.1. The zero-order chi connectivity index (χ0) is 40.0. The largest absolute Gasteiger partial charge is 0.478 e. The molecule has 1 saturated heterocycles. The lowest BCUT2D eigenvalue weighted by molar-refractivity contribution is -0.219. The Morgan fingerprint density at radius 2 is 1.55 bits per heavy atom. The van der Waals surface area contributed by atoms with Crippen LogP contribution >= 0.6 is 0 Å². The molecular formula is C44H67N3O6S2. The predicted molar refractivity (Wildman–Crippen MR) is 221 cm³/mol. The van der Waals surface area contributed by atoms with E-state index in [4.69, 9.17) is 0 Å². The molecular weight excluding hydrogens is 731 g/mol. The van der Waals surface area contributed by atoms with Crippen molar-refractivity contribution in [1.29, 1.82) is 0 Å². The molecule has 2 N–H and O–H groups in total. The highest BCUT2D eigenvalue weighted by molar-refractivity contribution is 8.06. The number of aromatic carboxylic acids is 1. The average Bonchev–Trinajstić information content (AvgIpc) is 3.48. The highest BCUT2D eigenvalue weighted by atomic mass is 32.3. The van der Waals surface area contributed by atoms with Crippen molar-refractivity contribution in [3.05, 3.63) is 53.6 Å². The quantitative estimate of drug-likeness (QED) is 0.236. The fourth-order valence-corrected chi connectivity index (χ4v) is 17.9. The van der Waals surface area contributed by atoms with Crippen LogP contribution in [0.15, 0.2) is 42.5 Å². The van der Waals surface area contributed by atoms with Gasteiger partial charge < -0.3 is 10.4 Å². The van der Waals surface area contributed by atoms with Crippen molar-refractivity contribution in [2.45, 2.75) is 105 Å². The molecule has 306 valence electrons. The van der Waals surface area contributed by atoms with Crippen molar-refractivity contribution >= 4 is 31.4 Å². The number of sulfone groups is 1. The third kappa shape index (κ3) is 6.81. The molecule has 0 spiro atoms. The summed E-state index contributed by atoms with van der Waals surface area (Å²) in [6.07, 6.45) is 14.3. The number of rotatable bonds is 10. The number of hydrogen-bond donors (Lipinski definition) is 2. The van der Waals surface area contributed by atoms with Gasteiger partial charge in [-0.3, -0.25) is 4.90 Å². The van der Waals surface area contributed by atoms with E-state index in [1.54, 1.807) is 12.1 Å². The molecule has 4 saturated carbocycles. The van der Waals surface area contributed by atoms with Crippen molar-refractivity contribution in [2.75, 3.05) is 50.6 Å². The van der Waals surface area contributed by atoms with Gasteiger partial charge in [0.2, 0.25) is 10.0 Å². The Kier molecular flexibility index (Phi) is 10.5. The number of hydrogen-bond acceptors (Lipinski definition) is 7. The van der Waals surface area contributed by atoms with E-state index >= 15 is 0 Å². The summed E-state index contributed by atoms with van der Waals surface area (Å²) in [5, 5.41) is 12.9. The molecule has 6 aliphatic rings. The molecule has 1 heterocycles. The van der Waals surface area contributed by atoms with Gasteiger partial charge in [-0.1, -0.05) is 65.0 Å². The number of carbonyl (C=O) groups is 1. The number of benzene rings is 1. The zero-order valence-electron chi connectivity index (χ0n) is 34.5. The molecule has 7 rings (SSSR count). The topological polar surface area (TPSA) is 124 Å². The Bertz CT molecular complexity index is 1940. The van der Waals surface area contributed by atoms with Crippen molar-refractivity contribution < 1.29 is 26.7 Å². The van der Waals surface area contributed by atoms with E-state index in [0.29, 0.717) is 61.3 Å². The molecule has 9 nitrogen and oxygen atoms in total. The second-order valence-electron chi connectivity index (χ2n) is 20.1. The van der Waals surface area contributed by atoms with E-state index in [0.717, 1.165) is 31.3 Å². The molecule has 5 aliphatic carbocycles. The van der Waals surface area contributed by atoms with E-state index < -0.39 is 30.9 Å². The van der Waals surface area contributed by atoms with Gasteiger partial charge in [0.15, 0.2) is 14.9 Å². The first-order chi connectivity index (χ1) is 25.6. The van der Waals surface area contributed by atoms with Crippen LogP contribution in [0.3, 0.4) is 0 Å². The van der Waals surface area contributed by atoms with Crippen LogP contribution in [0.2, 0.25) is 0 Å². The number of nitrogens with one attached hydrogen (secondary N) is 1. The fourth-order valence-electron chi connectivity index (χ4n) is 14.4. The minimum atomic E-state index is -3.82. The van der Waals surface area contributed by atoms with E-state index in [2.05, 4.69) is 64.4 Å². The number of fused-ring (bicyclic) bond motifs is 7. The molecule has 0 bridgehead atoms. The molecule has 9 atom stereocenters. The van der Waals surface area contributed by atoms with Gasteiger partial charge >= 0.3 is 5.97 Å². The Morgan fingerprint density at radius 1 is 0.873 bits per heavy atom. The van der Waals surface area contributed by atoms with Crippen molar-refractivity contribution in [3.8, 4) is 0 Å². The maximum Gasteiger partial charge on any atom is 0.335 e. The summed E-state index contributed by atoms with van der Waals surface area (Å²) >= 11 is 0. The van der Waals surface area contributed by atoms with Gasteiger partial charge in [-0.2, -0.15) is 4.31 Å². The van der Waals surface area contributed by atoms with Crippen LogP contribution in [0.25, 0.3) is 5.57 Å². The van der Waals surface area contributed by atoms with Crippen LogP contribution in [0.5, 0.6) is 0 Å². The standard InChI is InChI=1S/C44H67N3O6S2/c1-30(2)33-15-20-44(45-23-24-46-25-27-47(28-26-46)55(52,53)29-54(8,50)51)22-21-42(6)35(38(33)44)13-14-37-41(5)18-16-34(31-9-11-32(12-10-31)39(48)49)40(3,4)36(41)17-19-43(37,42)7/h9-12,16,33,35-38,45H,1,13-15,17-29H2,2-8H3,(H,48,49)/t33-,35+,36?,37?,38?,41-,42+,43+,44-/m0/s1. The molecule has 55 heavy (non-hydrogen) atoms. The number of carboxylic acid groups (broad SMARTS) is 1.